The zero-order chi connectivity index (χ0) is 33.6. The Labute approximate surface area is 290 Å². The smallest absolute Gasteiger partial charge is 0.263 e. The number of nitrogens with zero attached hydrogens (tertiary/aromatic N) is 3. The number of benzene rings is 7. The number of furan rings is 1. The molecule has 51 heavy (non-hydrogen) atoms. The predicted molar refractivity (Wildman–Crippen MR) is 209 cm³/mol. The summed E-state index contributed by atoms with van der Waals surface area (Å²) in [4.78, 5) is 19.5. The molecule has 0 amide bonds. The van der Waals surface area contributed by atoms with Gasteiger partial charge in [-0.1, -0.05) is 121 Å². The largest absolute Gasteiger partial charge is 0.454 e. The van der Waals surface area contributed by atoms with Crippen molar-refractivity contribution in [3.05, 3.63) is 174 Å². The standard InChI is InChI=1S/C46H27N3O2/c50-46-34-20-7-4-17-31(34)37-26-41(47-27-39(37)48(46)30-16-12-15-29(25-30)28-13-2-1-3-14-28)49-38-23-10-8-21-35(38)42-32-18-5-6-19-33(32)43-36-22-9-11-24-40(36)51-45(43)44(42)49/h1-27H. The minimum absolute atomic E-state index is 0.0785. The summed E-state index contributed by atoms with van der Waals surface area (Å²) in [7, 11) is 0. The minimum atomic E-state index is -0.0785. The van der Waals surface area contributed by atoms with Crippen molar-refractivity contribution in [1.29, 1.82) is 0 Å². The molecule has 5 heteroatoms. The van der Waals surface area contributed by atoms with Crippen molar-refractivity contribution >= 4 is 76.2 Å². The molecule has 11 rings (SSSR count). The Bertz CT molecular complexity index is 3280. The fraction of sp³-hybridized carbons (Fsp3) is 0. The maximum atomic E-state index is 14.3. The summed E-state index contributed by atoms with van der Waals surface area (Å²) < 4.78 is 10.8. The van der Waals surface area contributed by atoms with Gasteiger partial charge < -0.3 is 4.42 Å². The molecule has 0 saturated heterocycles. The average Bonchev–Trinajstić information content (AvgIpc) is 3.76. The van der Waals surface area contributed by atoms with Gasteiger partial charge in [-0.2, -0.15) is 0 Å². The lowest BCUT2D eigenvalue weighted by Crippen LogP contribution is -2.19. The topological polar surface area (TPSA) is 53.0 Å². The van der Waals surface area contributed by atoms with Gasteiger partial charge in [-0.05, 0) is 63.7 Å². The number of aromatic nitrogens is 3. The highest BCUT2D eigenvalue weighted by molar-refractivity contribution is 6.35. The predicted octanol–water partition coefficient (Wildman–Crippen LogP) is 11.4. The highest BCUT2D eigenvalue weighted by Crippen LogP contribution is 2.45. The lowest BCUT2D eigenvalue weighted by molar-refractivity contribution is 0.671. The third kappa shape index (κ3) is 3.91. The van der Waals surface area contributed by atoms with E-state index in [-0.39, 0.29) is 5.56 Å². The third-order valence-electron chi connectivity index (χ3n) is 10.4. The Morgan fingerprint density at radius 3 is 1.94 bits per heavy atom. The van der Waals surface area contributed by atoms with E-state index in [1.807, 2.05) is 72.9 Å². The molecule has 0 radical (unpaired) electrons. The average molecular weight is 654 g/mol. The summed E-state index contributed by atoms with van der Waals surface area (Å²) >= 11 is 0. The molecule has 0 N–H and O–H groups in total. The first kappa shape index (κ1) is 27.9. The van der Waals surface area contributed by atoms with Crippen molar-refractivity contribution in [3.63, 3.8) is 0 Å². The Balaban J connectivity index is 1.27. The molecule has 11 aromatic rings. The van der Waals surface area contributed by atoms with Gasteiger partial charge >= 0.3 is 0 Å². The lowest BCUT2D eigenvalue weighted by atomic mass is 9.99. The number of fused-ring (bicyclic) bond motifs is 13. The molecule has 0 bridgehead atoms. The van der Waals surface area contributed by atoms with E-state index < -0.39 is 0 Å². The van der Waals surface area contributed by atoms with Crippen LogP contribution in [0.2, 0.25) is 0 Å². The quantitative estimate of drug-likeness (QED) is 0.178. The van der Waals surface area contributed by atoms with Crippen molar-refractivity contribution in [2.45, 2.75) is 0 Å². The second kappa shape index (κ2) is 10.5. The molecule has 4 heterocycles. The SMILES string of the molecule is O=c1c2ccccc2c2cc(-n3c4ccccc4c4c5ccccc5c5c6ccccc6oc5c43)ncc2n1-c1cccc(-c2ccccc2)c1. The maximum absolute atomic E-state index is 14.3. The van der Waals surface area contributed by atoms with Crippen LogP contribution in [0.4, 0.5) is 0 Å². The number of rotatable bonds is 3. The van der Waals surface area contributed by atoms with Gasteiger partial charge in [-0.15, -0.1) is 0 Å². The van der Waals surface area contributed by atoms with Gasteiger partial charge in [0.25, 0.3) is 5.56 Å². The van der Waals surface area contributed by atoms with Crippen molar-refractivity contribution in [2.24, 2.45) is 0 Å². The molecular weight excluding hydrogens is 627 g/mol. The molecule has 0 saturated carbocycles. The van der Waals surface area contributed by atoms with E-state index in [4.69, 9.17) is 9.40 Å². The van der Waals surface area contributed by atoms with Crippen LogP contribution in [0.25, 0.3) is 98.8 Å². The Kier molecular flexibility index (Phi) is 5.75. The first-order valence-corrected chi connectivity index (χ1v) is 17.1. The van der Waals surface area contributed by atoms with Crippen LogP contribution < -0.4 is 5.56 Å². The van der Waals surface area contributed by atoms with Crippen LogP contribution in [0.15, 0.2) is 173 Å². The van der Waals surface area contributed by atoms with Crippen LogP contribution in [0.5, 0.6) is 0 Å². The lowest BCUT2D eigenvalue weighted by Gasteiger charge is -2.16. The highest BCUT2D eigenvalue weighted by atomic mass is 16.3. The van der Waals surface area contributed by atoms with Crippen LogP contribution in [-0.4, -0.2) is 14.1 Å². The minimum Gasteiger partial charge on any atom is -0.454 e. The van der Waals surface area contributed by atoms with Gasteiger partial charge in [0.05, 0.1) is 22.7 Å². The zero-order valence-electron chi connectivity index (χ0n) is 27.2. The monoisotopic (exact) mass is 653 g/mol. The molecule has 7 aromatic carbocycles. The molecule has 238 valence electrons. The van der Waals surface area contributed by atoms with Crippen molar-refractivity contribution in [2.75, 3.05) is 0 Å². The van der Waals surface area contributed by atoms with E-state index in [1.165, 1.54) is 5.39 Å². The summed E-state index contributed by atoms with van der Waals surface area (Å²) in [5.41, 5.74) is 7.27. The van der Waals surface area contributed by atoms with Crippen LogP contribution in [-0.2, 0) is 0 Å². The Hall–Kier alpha value is -6.98. The third-order valence-corrected chi connectivity index (χ3v) is 10.4. The van der Waals surface area contributed by atoms with Crippen LogP contribution in [0.1, 0.15) is 0 Å². The zero-order valence-corrected chi connectivity index (χ0v) is 27.2. The first-order valence-electron chi connectivity index (χ1n) is 17.1. The van der Waals surface area contributed by atoms with E-state index in [2.05, 4.69) is 95.6 Å². The normalized spacial score (nSPS) is 12.0. The van der Waals surface area contributed by atoms with Gasteiger partial charge in [-0.25, -0.2) is 4.98 Å². The molecule has 0 aliphatic rings. The summed E-state index contributed by atoms with van der Waals surface area (Å²) in [5, 5.41) is 9.23. The van der Waals surface area contributed by atoms with Gasteiger partial charge in [0.15, 0.2) is 5.58 Å². The summed E-state index contributed by atoms with van der Waals surface area (Å²) in [5.74, 6) is 0.749. The second-order valence-corrected chi connectivity index (χ2v) is 13.1. The van der Waals surface area contributed by atoms with E-state index in [0.717, 1.165) is 88.1 Å². The molecule has 0 aliphatic heterocycles. The second-order valence-electron chi connectivity index (χ2n) is 13.1. The Morgan fingerprint density at radius 2 is 1.12 bits per heavy atom. The van der Waals surface area contributed by atoms with E-state index >= 15 is 0 Å². The molecule has 0 fully saturated rings. The number of hydrogen-bond acceptors (Lipinski definition) is 3. The van der Waals surface area contributed by atoms with E-state index in [0.29, 0.717) is 5.39 Å². The molecule has 0 aliphatic carbocycles. The van der Waals surface area contributed by atoms with Crippen LogP contribution >= 0.6 is 0 Å². The van der Waals surface area contributed by atoms with Crippen LogP contribution in [0.3, 0.4) is 0 Å². The fourth-order valence-corrected chi connectivity index (χ4v) is 8.16. The molecule has 4 aromatic heterocycles. The fourth-order valence-electron chi connectivity index (χ4n) is 8.16. The number of hydrogen-bond donors (Lipinski definition) is 0. The Morgan fingerprint density at radius 1 is 0.471 bits per heavy atom. The van der Waals surface area contributed by atoms with Gasteiger partial charge in [-0.3, -0.25) is 13.9 Å². The van der Waals surface area contributed by atoms with Crippen molar-refractivity contribution in [3.8, 4) is 22.6 Å². The highest BCUT2D eigenvalue weighted by Gasteiger charge is 2.24. The van der Waals surface area contributed by atoms with Crippen molar-refractivity contribution in [1.82, 2.24) is 14.1 Å². The molecule has 5 nitrogen and oxygen atoms in total. The number of pyridine rings is 2. The summed E-state index contributed by atoms with van der Waals surface area (Å²) in [6.45, 7) is 0. The molecule has 0 spiro atoms. The molecule has 0 unspecified atom stereocenters. The van der Waals surface area contributed by atoms with Gasteiger partial charge in [0.1, 0.15) is 11.4 Å². The molecular formula is C46H27N3O2. The maximum Gasteiger partial charge on any atom is 0.263 e. The summed E-state index contributed by atoms with van der Waals surface area (Å²) in [6, 6.07) is 53.8. The van der Waals surface area contributed by atoms with E-state index in [1.54, 1.807) is 4.57 Å². The van der Waals surface area contributed by atoms with Crippen LogP contribution in [0, 0.1) is 0 Å². The number of para-hydroxylation sites is 2. The summed E-state index contributed by atoms with van der Waals surface area (Å²) in [6.07, 6.45) is 1.85. The van der Waals surface area contributed by atoms with E-state index in [9.17, 15) is 4.79 Å². The van der Waals surface area contributed by atoms with Gasteiger partial charge in [0.2, 0.25) is 0 Å². The molecule has 0 atom stereocenters. The first-order chi connectivity index (χ1) is 25.2. The van der Waals surface area contributed by atoms with Crippen molar-refractivity contribution < 1.29 is 4.42 Å². The van der Waals surface area contributed by atoms with Gasteiger partial charge in [0, 0.05) is 38.0 Å².